The van der Waals surface area contributed by atoms with Crippen LogP contribution in [-0.2, 0) is 0 Å². The third-order valence-electron chi connectivity index (χ3n) is 3.01. The minimum atomic E-state index is -0.565. The molecule has 2 atom stereocenters. The lowest BCUT2D eigenvalue weighted by Crippen LogP contribution is -2.35. The topological polar surface area (TPSA) is 38.0 Å². The van der Waals surface area contributed by atoms with Gasteiger partial charge in [0.2, 0.25) is 0 Å². The zero-order valence-electron chi connectivity index (χ0n) is 9.05. The standard InChI is InChI=1S/C11H13BrF2N2S/c12-7-1-2-8(13)9(10(7)14)11(16-15)6-3-4-17-5-6/h1-2,6,11,16H,3-5,15H2. The third kappa shape index (κ3) is 2.65. The first-order chi connectivity index (χ1) is 8.15. The number of halogens is 3. The van der Waals surface area contributed by atoms with Crippen LogP contribution in [0.4, 0.5) is 8.78 Å². The van der Waals surface area contributed by atoms with Crippen molar-refractivity contribution in [3.63, 3.8) is 0 Å². The predicted molar refractivity (Wildman–Crippen MR) is 69.6 cm³/mol. The van der Waals surface area contributed by atoms with Gasteiger partial charge in [0.25, 0.3) is 0 Å². The number of hydrazine groups is 1. The number of nitrogens with one attached hydrogen (secondary N) is 1. The zero-order chi connectivity index (χ0) is 12.4. The Morgan fingerprint density at radius 1 is 1.47 bits per heavy atom. The van der Waals surface area contributed by atoms with Gasteiger partial charge in [-0.3, -0.25) is 11.3 Å². The van der Waals surface area contributed by atoms with Gasteiger partial charge < -0.3 is 0 Å². The summed E-state index contributed by atoms with van der Waals surface area (Å²) in [4.78, 5) is 0. The molecule has 94 valence electrons. The van der Waals surface area contributed by atoms with Crippen LogP contribution < -0.4 is 11.3 Å². The fraction of sp³-hybridized carbons (Fsp3) is 0.455. The lowest BCUT2D eigenvalue weighted by molar-refractivity contribution is 0.370. The van der Waals surface area contributed by atoms with Crippen molar-refractivity contribution in [1.29, 1.82) is 0 Å². The second-order valence-electron chi connectivity index (χ2n) is 4.02. The van der Waals surface area contributed by atoms with Crippen molar-refractivity contribution >= 4 is 27.7 Å². The average molecular weight is 323 g/mol. The van der Waals surface area contributed by atoms with Gasteiger partial charge in [-0.25, -0.2) is 8.78 Å². The quantitative estimate of drug-likeness (QED) is 0.510. The summed E-state index contributed by atoms with van der Waals surface area (Å²) >= 11 is 4.86. The summed E-state index contributed by atoms with van der Waals surface area (Å²) in [6, 6.07) is 2.16. The molecule has 1 aromatic carbocycles. The Balaban J connectivity index is 2.39. The lowest BCUT2D eigenvalue weighted by atomic mass is 9.92. The normalized spacial score (nSPS) is 21.8. The highest BCUT2D eigenvalue weighted by atomic mass is 79.9. The van der Waals surface area contributed by atoms with Crippen molar-refractivity contribution in [2.45, 2.75) is 12.5 Å². The van der Waals surface area contributed by atoms with E-state index in [2.05, 4.69) is 21.4 Å². The molecule has 1 aliphatic rings. The van der Waals surface area contributed by atoms with Crippen molar-refractivity contribution in [2.75, 3.05) is 11.5 Å². The first kappa shape index (κ1) is 13.3. The minimum Gasteiger partial charge on any atom is -0.271 e. The van der Waals surface area contributed by atoms with E-state index in [4.69, 9.17) is 5.84 Å². The summed E-state index contributed by atoms with van der Waals surface area (Å²) in [6.07, 6.45) is 0.922. The van der Waals surface area contributed by atoms with Crippen molar-refractivity contribution in [3.8, 4) is 0 Å². The van der Waals surface area contributed by atoms with Crippen LogP contribution in [0.15, 0.2) is 16.6 Å². The van der Waals surface area contributed by atoms with Crippen LogP contribution >= 0.6 is 27.7 Å². The molecule has 0 amide bonds. The number of thioether (sulfide) groups is 1. The van der Waals surface area contributed by atoms with Gasteiger partial charge >= 0.3 is 0 Å². The van der Waals surface area contributed by atoms with Crippen LogP contribution in [0, 0.1) is 17.6 Å². The van der Waals surface area contributed by atoms with Gasteiger partial charge in [0, 0.05) is 5.56 Å². The number of nitrogens with two attached hydrogens (primary N) is 1. The van der Waals surface area contributed by atoms with Crippen LogP contribution in [0.1, 0.15) is 18.0 Å². The molecule has 1 saturated heterocycles. The number of hydrogen-bond donors (Lipinski definition) is 2. The highest BCUT2D eigenvalue weighted by molar-refractivity contribution is 9.10. The molecule has 0 spiro atoms. The molecule has 0 bridgehead atoms. The van der Waals surface area contributed by atoms with Gasteiger partial charge in [-0.05, 0) is 51.9 Å². The van der Waals surface area contributed by atoms with Crippen molar-refractivity contribution < 1.29 is 8.78 Å². The molecule has 1 heterocycles. The highest BCUT2D eigenvalue weighted by Crippen LogP contribution is 2.37. The fourth-order valence-electron chi connectivity index (χ4n) is 2.10. The number of rotatable bonds is 3. The molecule has 3 N–H and O–H groups in total. The monoisotopic (exact) mass is 322 g/mol. The Labute approximate surface area is 111 Å². The molecule has 1 fully saturated rings. The van der Waals surface area contributed by atoms with Crippen molar-refractivity contribution in [3.05, 3.63) is 33.8 Å². The largest absolute Gasteiger partial charge is 0.271 e. The Morgan fingerprint density at radius 3 is 2.82 bits per heavy atom. The van der Waals surface area contributed by atoms with E-state index in [-0.39, 0.29) is 16.0 Å². The molecule has 6 heteroatoms. The van der Waals surface area contributed by atoms with Crippen molar-refractivity contribution in [2.24, 2.45) is 11.8 Å². The molecule has 1 aliphatic heterocycles. The van der Waals surface area contributed by atoms with E-state index < -0.39 is 17.7 Å². The van der Waals surface area contributed by atoms with Crippen LogP contribution in [0.25, 0.3) is 0 Å². The summed E-state index contributed by atoms with van der Waals surface area (Å²) in [7, 11) is 0. The Hall–Kier alpha value is -0.170. The average Bonchev–Trinajstić information content (AvgIpc) is 2.83. The van der Waals surface area contributed by atoms with E-state index in [1.165, 1.54) is 12.1 Å². The van der Waals surface area contributed by atoms with Gasteiger partial charge in [-0.2, -0.15) is 11.8 Å². The van der Waals surface area contributed by atoms with Gasteiger partial charge in [0.15, 0.2) is 0 Å². The third-order valence-corrected chi connectivity index (χ3v) is 4.81. The van der Waals surface area contributed by atoms with Crippen molar-refractivity contribution in [1.82, 2.24) is 5.43 Å². The molecular formula is C11H13BrF2N2S. The van der Waals surface area contributed by atoms with Crippen LogP contribution in [0.5, 0.6) is 0 Å². The fourth-order valence-corrected chi connectivity index (χ4v) is 3.74. The maximum Gasteiger partial charge on any atom is 0.145 e. The number of benzene rings is 1. The first-order valence-corrected chi connectivity index (χ1v) is 7.27. The maximum absolute atomic E-state index is 14.0. The molecule has 2 rings (SSSR count). The Morgan fingerprint density at radius 2 is 2.24 bits per heavy atom. The molecular weight excluding hydrogens is 310 g/mol. The van der Waals surface area contributed by atoms with E-state index in [1.54, 1.807) is 11.8 Å². The van der Waals surface area contributed by atoms with Gasteiger partial charge in [-0.15, -0.1) is 0 Å². The molecule has 0 aliphatic carbocycles. The highest BCUT2D eigenvalue weighted by Gasteiger charge is 2.30. The SMILES string of the molecule is NNC(c1c(F)ccc(Br)c1F)C1CCSC1. The predicted octanol–water partition coefficient (Wildman–Crippen LogP) is 2.98. The van der Waals surface area contributed by atoms with E-state index in [0.29, 0.717) is 0 Å². The summed E-state index contributed by atoms with van der Waals surface area (Å²) in [5, 5.41) is 0. The number of hydrogen-bond acceptors (Lipinski definition) is 3. The Kier molecular flexibility index (Phi) is 4.41. The Bertz CT molecular complexity index is 411. The zero-order valence-corrected chi connectivity index (χ0v) is 11.5. The molecule has 0 saturated carbocycles. The smallest absolute Gasteiger partial charge is 0.145 e. The molecule has 0 aromatic heterocycles. The van der Waals surface area contributed by atoms with Crippen LogP contribution in [0.2, 0.25) is 0 Å². The molecule has 2 unspecified atom stereocenters. The second-order valence-corrected chi connectivity index (χ2v) is 6.03. The summed E-state index contributed by atoms with van der Waals surface area (Å²) in [6.45, 7) is 0. The molecule has 1 aromatic rings. The first-order valence-electron chi connectivity index (χ1n) is 5.32. The van der Waals surface area contributed by atoms with E-state index >= 15 is 0 Å². The summed E-state index contributed by atoms with van der Waals surface area (Å²) in [5.41, 5.74) is 2.59. The van der Waals surface area contributed by atoms with Crippen LogP contribution in [-0.4, -0.2) is 11.5 Å². The molecule has 17 heavy (non-hydrogen) atoms. The van der Waals surface area contributed by atoms with Crippen LogP contribution in [0.3, 0.4) is 0 Å². The van der Waals surface area contributed by atoms with E-state index in [1.807, 2.05) is 0 Å². The minimum absolute atomic E-state index is 0.0365. The molecule has 2 nitrogen and oxygen atoms in total. The van der Waals surface area contributed by atoms with Gasteiger partial charge in [-0.1, -0.05) is 0 Å². The van der Waals surface area contributed by atoms with E-state index in [0.717, 1.165) is 17.9 Å². The summed E-state index contributed by atoms with van der Waals surface area (Å²) in [5.74, 6) is 6.41. The lowest BCUT2D eigenvalue weighted by Gasteiger charge is -2.23. The maximum atomic E-state index is 14.0. The molecule has 0 radical (unpaired) electrons. The second kappa shape index (κ2) is 5.65. The summed E-state index contributed by atoms with van der Waals surface area (Å²) < 4.78 is 28.0. The van der Waals surface area contributed by atoms with Gasteiger partial charge in [0.1, 0.15) is 11.6 Å². The van der Waals surface area contributed by atoms with Gasteiger partial charge in [0.05, 0.1) is 10.5 Å². The van der Waals surface area contributed by atoms with E-state index in [9.17, 15) is 8.78 Å².